The molecule has 124 valence electrons. The van der Waals surface area contributed by atoms with Crippen LogP contribution in [0.4, 0.5) is 0 Å². The van der Waals surface area contributed by atoms with E-state index < -0.39 is 0 Å². The molecule has 0 aliphatic heterocycles. The van der Waals surface area contributed by atoms with E-state index in [9.17, 15) is 0 Å². The number of phenols is 1. The Morgan fingerprint density at radius 3 is 1.62 bits per heavy atom. The summed E-state index contributed by atoms with van der Waals surface area (Å²) in [5.41, 5.74) is 1.80. The number of aromatic hydroxyl groups is 1. The Morgan fingerprint density at radius 2 is 1.25 bits per heavy atom. The van der Waals surface area contributed by atoms with Gasteiger partial charge in [0.25, 0.3) is 0 Å². The Hall–Kier alpha value is -2.65. The van der Waals surface area contributed by atoms with Gasteiger partial charge in [-0.1, -0.05) is 18.2 Å². The Kier molecular flexibility index (Phi) is 6.52. The quantitative estimate of drug-likeness (QED) is 0.432. The van der Waals surface area contributed by atoms with Crippen LogP contribution in [0.1, 0.15) is 0 Å². The molecule has 5 nitrogen and oxygen atoms in total. The second-order valence-electron chi connectivity index (χ2n) is 4.66. The molecule has 0 bridgehead atoms. The van der Waals surface area contributed by atoms with Gasteiger partial charge in [-0.05, 0) is 35.6 Å². The van der Waals surface area contributed by atoms with E-state index >= 15 is 0 Å². The molecule has 0 saturated carbocycles. The third kappa shape index (κ3) is 4.67. The van der Waals surface area contributed by atoms with Gasteiger partial charge >= 0.3 is 0 Å². The van der Waals surface area contributed by atoms with Crippen LogP contribution in [-0.2, 0) is 21.1 Å². The van der Waals surface area contributed by atoms with Gasteiger partial charge in [0, 0.05) is 45.9 Å². The van der Waals surface area contributed by atoms with Crippen molar-refractivity contribution in [1.29, 1.82) is 0 Å². The molecule has 2 aromatic carbocycles. The molecule has 2 heterocycles. The van der Waals surface area contributed by atoms with Crippen LogP contribution in [0.5, 0.6) is 5.75 Å². The Balaban J connectivity index is 0.000000222. The number of rotatable bonds is 2. The van der Waals surface area contributed by atoms with E-state index in [4.69, 9.17) is 5.11 Å². The Labute approximate surface area is 154 Å². The van der Waals surface area contributed by atoms with Crippen molar-refractivity contribution in [3.05, 3.63) is 91.5 Å². The summed E-state index contributed by atoms with van der Waals surface area (Å²) in [4.78, 5) is 0. The first-order valence-electron chi connectivity index (χ1n) is 7.09. The van der Waals surface area contributed by atoms with Gasteiger partial charge in [-0.25, -0.2) is 0 Å². The minimum absolute atomic E-state index is 0. The molecule has 24 heavy (non-hydrogen) atoms. The molecule has 0 atom stereocenters. The van der Waals surface area contributed by atoms with Gasteiger partial charge in [-0.15, -0.1) is 18.2 Å². The standard InChI is InChI=1S/C12H9N4.C6H6O.Pt/c1-4-11(15-8-2-6-13-15)10-12(5-1)16-9-3-7-14-16;7-6-4-2-1-3-5-6;/h1-9H;1-5,7H;/q-1;;. The molecule has 0 unspecified atom stereocenters. The third-order valence-electron chi connectivity index (χ3n) is 3.02. The van der Waals surface area contributed by atoms with E-state index in [1.807, 2.05) is 48.8 Å². The number of benzene rings is 2. The monoisotopic (exact) mass is 498 g/mol. The summed E-state index contributed by atoms with van der Waals surface area (Å²) in [7, 11) is 0. The van der Waals surface area contributed by atoms with Crippen molar-refractivity contribution in [2.75, 3.05) is 0 Å². The predicted molar refractivity (Wildman–Crippen MR) is 87.6 cm³/mol. The average Bonchev–Trinajstić information content (AvgIpc) is 3.30. The second kappa shape index (κ2) is 8.84. The van der Waals surface area contributed by atoms with Gasteiger partial charge in [-0.3, -0.25) is 9.36 Å². The fourth-order valence-corrected chi connectivity index (χ4v) is 1.96. The molecule has 2 aromatic heterocycles. The predicted octanol–water partition coefficient (Wildman–Crippen LogP) is 3.25. The van der Waals surface area contributed by atoms with Crippen LogP contribution in [-0.4, -0.2) is 24.7 Å². The molecule has 4 aromatic rings. The molecule has 1 N–H and O–H groups in total. The van der Waals surface area contributed by atoms with Crippen LogP contribution >= 0.6 is 0 Å². The molecule has 0 fully saturated rings. The van der Waals surface area contributed by atoms with Crippen molar-refractivity contribution in [1.82, 2.24) is 19.6 Å². The summed E-state index contributed by atoms with van der Waals surface area (Å²) in [6.07, 6.45) is 7.26. The topological polar surface area (TPSA) is 55.9 Å². The van der Waals surface area contributed by atoms with E-state index in [2.05, 4.69) is 16.3 Å². The number of aromatic nitrogens is 4. The van der Waals surface area contributed by atoms with Crippen LogP contribution in [0.2, 0.25) is 0 Å². The number of para-hydroxylation sites is 1. The number of hydrogen-bond donors (Lipinski definition) is 1. The Morgan fingerprint density at radius 1 is 0.708 bits per heavy atom. The summed E-state index contributed by atoms with van der Waals surface area (Å²) < 4.78 is 3.54. The molecule has 6 heteroatoms. The first-order chi connectivity index (χ1) is 11.3. The third-order valence-corrected chi connectivity index (χ3v) is 3.02. The fourth-order valence-electron chi connectivity index (χ4n) is 1.96. The van der Waals surface area contributed by atoms with Crippen molar-refractivity contribution in [3.63, 3.8) is 0 Å². The van der Waals surface area contributed by atoms with Gasteiger partial charge in [0.2, 0.25) is 0 Å². The van der Waals surface area contributed by atoms with E-state index in [1.54, 1.807) is 46.0 Å². The SMILES string of the molecule is Oc1ccccc1.[Pt].[c-]1c(-n2cccn2)cccc1-n1cccn1. The van der Waals surface area contributed by atoms with E-state index in [-0.39, 0.29) is 21.1 Å². The number of phenolic OH excluding ortho intramolecular Hbond substituents is 1. The van der Waals surface area contributed by atoms with Crippen molar-refractivity contribution in [2.45, 2.75) is 0 Å². The maximum atomic E-state index is 8.63. The number of hydrogen-bond acceptors (Lipinski definition) is 3. The van der Waals surface area contributed by atoms with E-state index in [1.165, 1.54) is 0 Å². The molecular formula is C18H15N4OPt-. The molecule has 4 rings (SSSR count). The average molecular weight is 498 g/mol. The molecule has 0 aliphatic rings. The summed E-state index contributed by atoms with van der Waals surface area (Å²) in [5.74, 6) is 0.322. The molecule has 0 saturated heterocycles. The van der Waals surface area contributed by atoms with Crippen LogP contribution in [0, 0.1) is 6.07 Å². The summed E-state index contributed by atoms with van der Waals surface area (Å²) >= 11 is 0. The smallest absolute Gasteiger partial charge is 0.115 e. The van der Waals surface area contributed by atoms with E-state index in [0.717, 1.165) is 11.4 Å². The second-order valence-corrected chi connectivity index (χ2v) is 4.66. The van der Waals surface area contributed by atoms with Crippen LogP contribution in [0.3, 0.4) is 0 Å². The van der Waals surface area contributed by atoms with Gasteiger partial charge in [-0.2, -0.15) is 16.3 Å². The van der Waals surface area contributed by atoms with Gasteiger partial charge < -0.3 is 5.11 Å². The van der Waals surface area contributed by atoms with Crippen molar-refractivity contribution in [3.8, 4) is 17.1 Å². The van der Waals surface area contributed by atoms with Gasteiger partial charge in [0.15, 0.2) is 0 Å². The van der Waals surface area contributed by atoms with Gasteiger partial charge in [0.1, 0.15) is 5.75 Å². The minimum Gasteiger partial charge on any atom is -0.508 e. The van der Waals surface area contributed by atoms with Crippen molar-refractivity contribution < 1.29 is 26.2 Å². The van der Waals surface area contributed by atoms with Crippen LogP contribution in [0.25, 0.3) is 11.4 Å². The molecule has 0 aliphatic carbocycles. The fraction of sp³-hybridized carbons (Fsp3) is 0. The normalized spacial score (nSPS) is 9.50. The Bertz CT molecular complexity index is 781. The first kappa shape index (κ1) is 17.7. The maximum Gasteiger partial charge on any atom is 0.115 e. The van der Waals surface area contributed by atoms with Crippen molar-refractivity contribution in [2.24, 2.45) is 0 Å². The zero-order valence-corrected chi connectivity index (χ0v) is 14.9. The molecule has 0 amide bonds. The zero-order valence-electron chi connectivity index (χ0n) is 12.6. The number of nitrogens with zero attached hydrogens (tertiary/aromatic N) is 4. The summed E-state index contributed by atoms with van der Waals surface area (Å²) in [6, 6.07) is 21.6. The van der Waals surface area contributed by atoms with E-state index in [0.29, 0.717) is 5.75 Å². The first-order valence-corrected chi connectivity index (χ1v) is 7.09. The maximum absolute atomic E-state index is 8.63. The minimum atomic E-state index is 0. The summed E-state index contributed by atoms with van der Waals surface area (Å²) in [6.45, 7) is 0. The molecule has 0 spiro atoms. The molecular weight excluding hydrogens is 483 g/mol. The van der Waals surface area contributed by atoms with Crippen LogP contribution < -0.4 is 0 Å². The zero-order chi connectivity index (χ0) is 15.9. The summed E-state index contributed by atoms with van der Waals surface area (Å²) in [5, 5.41) is 17.0. The largest absolute Gasteiger partial charge is 0.508 e. The van der Waals surface area contributed by atoms with Crippen LogP contribution in [0.15, 0.2) is 85.5 Å². The van der Waals surface area contributed by atoms with Crippen molar-refractivity contribution >= 4 is 0 Å². The van der Waals surface area contributed by atoms with Gasteiger partial charge in [0.05, 0.1) is 0 Å². The molecule has 0 radical (unpaired) electrons.